The van der Waals surface area contributed by atoms with Crippen molar-refractivity contribution in [3.8, 4) is 0 Å². The third-order valence-corrected chi connectivity index (χ3v) is 2.16. The Morgan fingerprint density at radius 3 is 2.56 bits per heavy atom. The number of thiophene rings is 1. The lowest BCUT2D eigenvalue weighted by Crippen LogP contribution is -2.02. The maximum Gasteiger partial charge on any atom is 0.0274 e. The molecule has 1 rings (SSSR count). The van der Waals surface area contributed by atoms with Crippen LogP contribution in [0.3, 0.4) is 0 Å². The molecular weight excluding hydrogens is 130 g/mol. The summed E-state index contributed by atoms with van der Waals surface area (Å²) in [6.45, 7) is 4.10. The van der Waals surface area contributed by atoms with Gasteiger partial charge < -0.3 is 5.73 Å². The molecule has 0 fully saturated rings. The van der Waals surface area contributed by atoms with Crippen LogP contribution in [0.1, 0.15) is 23.4 Å². The molecule has 0 saturated heterocycles. The number of nitrogens with two attached hydrogens (primary N) is 1. The third kappa shape index (κ3) is 1.53. The molecule has 2 heteroatoms. The Kier molecular flexibility index (Phi) is 1.88. The molecular formula is C7H11NS. The Morgan fingerprint density at radius 2 is 2.33 bits per heavy atom. The summed E-state index contributed by atoms with van der Waals surface area (Å²) in [4.78, 5) is 1.34. The van der Waals surface area contributed by atoms with E-state index < -0.39 is 0 Å². The van der Waals surface area contributed by atoms with Crippen LogP contribution in [0.4, 0.5) is 0 Å². The summed E-state index contributed by atoms with van der Waals surface area (Å²) in [5.41, 5.74) is 6.88. The van der Waals surface area contributed by atoms with Gasteiger partial charge in [-0.2, -0.15) is 0 Å². The second-order valence-electron chi connectivity index (χ2n) is 2.28. The molecule has 0 aromatic carbocycles. The van der Waals surface area contributed by atoms with Gasteiger partial charge in [-0.1, -0.05) is 0 Å². The monoisotopic (exact) mass is 141 g/mol. The van der Waals surface area contributed by atoms with Crippen molar-refractivity contribution >= 4 is 11.3 Å². The van der Waals surface area contributed by atoms with Gasteiger partial charge in [0.25, 0.3) is 0 Å². The Hall–Kier alpha value is -0.340. The lowest BCUT2D eigenvalue weighted by Gasteiger charge is -1.97. The van der Waals surface area contributed by atoms with E-state index in [1.165, 1.54) is 10.4 Å². The Balaban J connectivity index is 2.85. The smallest absolute Gasteiger partial charge is 0.0274 e. The van der Waals surface area contributed by atoms with E-state index in [0.29, 0.717) is 0 Å². The van der Waals surface area contributed by atoms with Crippen LogP contribution in [-0.2, 0) is 0 Å². The first-order valence-electron chi connectivity index (χ1n) is 3.01. The highest BCUT2D eigenvalue weighted by Gasteiger charge is 1.99. The van der Waals surface area contributed by atoms with Crippen molar-refractivity contribution in [1.82, 2.24) is 0 Å². The Bertz CT molecular complexity index is 191. The molecule has 0 saturated carbocycles. The largest absolute Gasteiger partial charge is 0.324 e. The lowest BCUT2D eigenvalue weighted by molar-refractivity contribution is 0.822. The maximum absolute atomic E-state index is 5.63. The fourth-order valence-electron chi connectivity index (χ4n) is 0.703. The van der Waals surface area contributed by atoms with Crippen molar-refractivity contribution in [1.29, 1.82) is 0 Å². The number of hydrogen-bond acceptors (Lipinski definition) is 2. The zero-order chi connectivity index (χ0) is 6.85. The van der Waals surface area contributed by atoms with Gasteiger partial charge in [0.15, 0.2) is 0 Å². The topological polar surface area (TPSA) is 26.0 Å². The summed E-state index contributed by atoms with van der Waals surface area (Å²) in [6, 6.07) is 2.32. The van der Waals surface area contributed by atoms with E-state index in [-0.39, 0.29) is 6.04 Å². The normalized spacial score (nSPS) is 13.7. The Labute approximate surface area is 59.5 Å². The predicted octanol–water partition coefficient (Wildman–Crippen LogP) is 2.08. The van der Waals surface area contributed by atoms with Gasteiger partial charge in [0.2, 0.25) is 0 Å². The summed E-state index contributed by atoms with van der Waals surface area (Å²) >= 11 is 1.75. The van der Waals surface area contributed by atoms with Crippen molar-refractivity contribution in [2.75, 3.05) is 0 Å². The zero-order valence-electron chi connectivity index (χ0n) is 5.72. The molecule has 9 heavy (non-hydrogen) atoms. The molecule has 0 unspecified atom stereocenters. The van der Waals surface area contributed by atoms with Crippen LogP contribution in [0.5, 0.6) is 0 Å². The number of hydrogen-bond donors (Lipinski definition) is 1. The first-order chi connectivity index (χ1) is 4.20. The van der Waals surface area contributed by atoms with Gasteiger partial charge in [-0.3, -0.25) is 0 Å². The van der Waals surface area contributed by atoms with Gasteiger partial charge in [-0.05, 0) is 30.9 Å². The van der Waals surface area contributed by atoms with Gasteiger partial charge in [0, 0.05) is 10.9 Å². The van der Waals surface area contributed by atoms with Crippen molar-refractivity contribution in [3.05, 3.63) is 21.9 Å². The van der Waals surface area contributed by atoms with Crippen LogP contribution in [0.25, 0.3) is 0 Å². The van der Waals surface area contributed by atoms with Crippen LogP contribution in [0.2, 0.25) is 0 Å². The maximum atomic E-state index is 5.63. The second kappa shape index (κ2) is 2.50. The van der Waals surface area contributed by atoms with E-state index in [1.807, 2.05) is 6.92 Å². The highest BCUT2D eigenvalue weighted by atomic mass is 32.1. The average molecular weight is 141 g/mol. The fourth-order valence-corrected chi connectivity index (χ4v) is 1.51. The Morgan fingerprint density at radius 1 is 1.67 bits per heavy atom. The SMILES string of the molecule is Cc1cc([C@@H](C)N)cs1. The zero-order valence-corrected chi connectivity index (χ0v) is 6.53. The third-order valence-electron chi connectivity index (χ3n) is 1.28. The molecule has 0 amide bonds. The van der Waals surface area contributed by atoms with E-state index in [2.05, 4.69) is 18.4 Å². The van der Waals surface area contributed by atoms with Crippen molar-refractivity contribution in [2.45, 2.75) is 19.9 Å². The molecule has 0 bridgehead atoms. The van der Waals surface area contributed by atoms with Gasteiger partial charge in [0.05, 0.1) is 0 Å². The summed E-state index contributed by atoms with van der Waals surface area (Å²) in [7, 11) is 0. The quantitative estimate of drug-likeness (QED) is 0.636. The molecule has 0 radical (unpaired) electrons. The van der Waals surface area contributed by atoms with Gasteiger partial charge >= 0.3 is 0 Å². The molecule has 0 spiro atoms. The minimum atomic E-state index is 0.190. The van der Waals surface area contributed by atoms with E-state index in [0.717, 1.165) is 0 Å². The molecule has 0 aliphatic rings. The molecule has 1 atom stereocenters. The van der Waals surface area contributed by atoms with Crippen LogP contribution >= 0.6 is 11.3 Å². The van der Waals surface area contributed by atoms with E-state index in [4.69, 9.17) is 5.73 Å². The molecule has 0 aliphatic heterocycles. The summed E-state index contributed by atoms with van der Waals surface area (Å²) in [5, 5.41) is 2.11. The van der Waals surface area contributed by atoms with E-state index >= 15 is 0 Å². The van der Waals surface area contributed by atoms with Gasteiger partial charge in [-0.15, -0.1) is 11.3 Å². The highest BCUT2D eigenvalue weighted by molar-refractivity contribution is 7.10. The first-order valence-corrected chi connectivity index (χ1v) is 3.88. The van der Waals surface area contributed by atoms with Crippen molar-refractivity contribution in [3.63, 3.8) is 0 Å². The highest BCUT2D eigenvalue weighted by Crippen LogP contribution is 2.17. The van der Waals surface area contributed by atoms with E-state index in [1.54, 1.807) is 11.3 Å². The van der Waals surface area contributed by atoms with E-state index in [9.17, 15) is 0 Å². The number of rotatable bonds is 1. The van der Waals surface area contributed by atoms with Gasteiger partial charge in [0.1, 0.15) is 0 Å². The summed E-state index contributed by atoms with van der Waals surface area (Å²) in [6.07, 6.45) is 0. The van der Waals surface area contributed by atoms with Crippen molar-refractivity contribution in [2.24, 2.45) is 5.73 Å². The average Bonchev–Trinajstić information content (AvgIpc) is 2.14. The summed E-state index contributed by atoms with van der Waals surface area (Å²) in [5.74, 6) is 0. The fraction of sp³-hybridized carbons (Fsp3) is 0.429. The molecule has 2 N–H and O–H groups in total. The molecule has 1 nitrogen and oxygen atoms in total. The molecule has 1 heterocycles. The first kappa shape index (κ1) is 6.78. The summed E-state index contributed by atoms with van der Waals surface area (Å²) < 4.78 is 0. The minimum absolute atomic E-state index is 0.190. The van der Waals surface area contributed by atoms with Crippen LogP contribution < -0.4 is 5.73 Å². The van der Waals surface area contributed by atoms with Crippen LogP contribution in [-0.4, -0.2) is 0 Å². The number of aryl methyl sites for hydroxylation is 1. The van der Waals surface area contributed by atoms with Crippen LogP contribution in [0, 0.1) is 6.92 Å². The molecule has 0 aliphatic carbocycles. The predicted molar refractivity (Wildman–Crippen MR) is 41.7 cm³/mol. The van der Waals surface area contributed by atoms with Gasteiger partial charge in [-0.25, -0.2) is 0 Å². The standard InChI is InChI=1S/C7H11NS/c1-5-3-7(4-9-5)6(2)8/h3-4,6H,8H2,1-2H3/t6-/m1/s1. The molecule has 50 valence electrons. The molecule has 1 aromatic heterocycles. The molecule has 1 aromatic rings. The van der Waals surface area contributed by atoms with Crippen LogP contribution in [0.15, 0.2) is 11.4 Å². The minimum Gasteiger partial charge on any atom is -0.324 e. The van der Waals surface area contributed by atoms with Crippen molar-refractivity contribution < 1.29 is 0 Å². The second-order valence-corrected chi connectivity index (χ2v) is 3.39. The lowest BCUT2D eigenvalue weighted by atomic mass is 10.2.